The first-order valence-corrected chi connectivity index (χ1v) is 7.11. The lowest BCUT2D eigenvalue weighted by Gasteiger charge is -2.20. The first-order valence-electron chi connectivity index (χ1n) is 7.11. The minimum Gasteiger partial charge on any atom is -0.211 e. The third-order valence-corrected chi connectivity index (χ3v) is 3.16. The zero-order valence-corrected chi connectivity index (χ0v) is 13.0. The Morgan fingerprint density at radius 3 is 1.71 bits per heavy atom. The normalized spacial score (nSPS) is 13.3. The number of unbranched alkanes of at least 4 members (excludes halogenated alkanes) is 3. The maximum atomic E-state index is 10.5. The van der Waals surface area contributed by atoms with Gasteiger partial charge in [-0.05, 0) is 24.7 Å². The highest BCUT2D eigenvalue weighted by Crippen LogP contribution is 2.25. The van der Waals surface area contributed by atoms with E-state index in [1.807, 2.05) is 0 Å². The summed E-state index contributed by atoms with van der Waals surface area (Å²) in [6.45, 7) is 6.43. The van der Waals surface area contributed by atoms with Crippen molar-refractivity contribution in [3.8, 4) is 0 Å². The van der Waals surface area contributed by atoms with Crippen molar-refractivity contribution in [1.82, 2.24) is 0 Å². The molecule has 6 nitrogen and oxygen atoms in total. The van der Waals surface area contributed by atoms with E-state index >= 15 is 0 Å². The van der Waals surface area contributed by atoms with E-state index in [0.29, 0.717) is 11.8 Å². The summed E-state index contributed by atoms with van der Waals surface area (Å²) in [5.74, 6) is 0. The fraction of sp³-hybridized carbons (Fsp3) is 0.800. The van der Waals surface area contributed by atoms with Gasteiger partial charge < -0.3 is 0 Å². The van der Waals surface area contributed by atoms with E-state index in [1.165, 1.54) is 18.2 Å². The van der Waals surface area contributed by atoms with E-state index in [9.17, 15) is 14.4 Å². The summed E-state index contributed by atoms with van der Waals surface area (Å²) >= 11 is 0. The van der Waals surface area contributed by atoms with E-state index in [-0.39, 0.29) is 6.54 Å². The van der Waals surface area contributed by atoms with Crippen molar-refractivity contribution in [2.45, 2.75) is 65.0 Å². The van der Waals surface area contributed by atoms with Crippen molar-refractivity contribution in [2.24, 2.45) is 20.4 Å². The van der Waals surface area contributed by atoms with Crippen molar-refractivity contribution in [3.05, 3.63) is 0 Å². The molecule has 0 rings (SSSR count). The molecule has 0 aromatic rings. The molecule has 0 saturated carbocycles. The lowest BCUT2D eigenvalue weighted by atomic mass is 9.89. The first kappa shape index (κ1) is 19.1. The number of carbonyl (C=O) groups excluding carboxylic acids is 3. The summed E-state index contributed by atoms with van der Waals surface area (Å²) in [5, 5.41) is 0. The van der Waals surface area contributed by atoms with Crippen LogP contribution in [0.15, 0.2) is 15.0 Å². The number of rotatable bonds is 10. The standard InChI is InChI=1S/C15H23N3O3/c1-14(2,3)8-6-4-5-7-9-15(17-12-20,18-13-21)10-16-11-19/h4-10H2,1-3H3. The highest BCUT2D eigenvalue weighted by atomic mass is 16.1. The minimum atomic E-state index is -1.34. The summed E-state index contributed by atoms with van der Waals surface area (Å²) in [4.78, 5) is 41.6. The van der Waals surface area contributed by atoms with Crippen LogP contribution in [-0.2, 0) is 14.4 Å². The van der Waals surface area contributed by atoms with Gasteiger partial charge in [0.25, 0.3) is 0 Å². The second-order valence-electron chi connectivity index (χ2n) is 6.27. The highest BCUT2D eigenvalue weighted by Gasteiger charge is 2.28. The summed E-state index contributed by atoms with van der Waals surface area (Å²) in [7, 11) is 0. The smallest absolute Gasteiger partial charge is 0.211 e. The van der Waals surface area contributed by atoms with Crippen LogP contribution >= 0.6 is 0 Å². The molecule has 0 aromatic heterocycles. The van der Waals surface area contributed by atoms with Crippen LogP contribution < -0.4 is 0 Å². The van der Waals surface area contributed by atoms with Crippen LogP contribution in [0.1, 0.15) is 59.3 Å². The Balaban J connectivity index is 4.39. The number of nitrogens with zero attached hydrogens (tertiary/aromatic N) is 3. The van der Waals surface area contributed by atoms with Gasteiger partial charge in [0.15, 0.2) is 5.66 Å². The Hall–Kier alpha value is -1.86. The third-order valence-electron chi connectivity index (χ3n) is 3.16. The van der Waals surface area contributed by atoms with E-state index in [1.54, 1.807) is 0 Å². The van der Waals surface area contributed by atoms with Gasteiger partial charge in [0.1, 0.15) is 0 Å². The average molecular weight is 293 g/mol. The molecule has 0 unspecified atom stereocenters. The van der Waals surface area contributed by atoms with E-state index in [0.717, 1.165) is 32.1 Å². The Morgan fingerprint density at radius 1 is 0.762 bits per heavy atom. The highest BCUT2D eigenvalue weighted by molar-refractivity contribution is 5.40. The van der Waals surface area contributed by atoms with E-state index < -0.39 is 5.66 Å². The van der Waals surface area contributed by atoms with Gasteiger partial charge in [0.05, 0.1) is 6.54 Å². The Labute approximate surface area is 125 Å². The zero-order chi connectivity index (χ0) is 16.2. The molecule has 0 spiro atoms. The predicted molar refractivity (Wildman–Crippen MR) is 79.1 cm³/mol. The molecule has 116 valence electrons. The Morgan fingerprint density at radius 2 is 1.29 bits per heavy atom. The van der Waals surface area contributed by atoms with Crippen molar-refractivity contribution >= 4 is 18.2 Å². The van der Waals surface area contributed by atoms with Crippen molar-refractivity contribution in [2.75, 3.05) is 6.54 Å². The molecule has 21 heavy (non-hydrogen) atoms. The van der Waals surface area contributed by atoms with Crippen molar-refractivity contribution in [3.63, 3.8) is 0 Å². The molecule has 0 amide bonds. The molecular weight excluding hydrogens is 270 g/mol. The quantitative estimate of drug-likeness (QED) is 0.352. The molecule has 0 fully saturated rings. The fourth-order valence-corrected chi connectivity index (χ4v) is 2.03. The van der Waals surface area contributed by atoms with Crippen molar-refractivity contribution in [1.29, 1.82) is 0 Å². The molecule has 0 heterocycles. The van der Waals surface area contributed by atoms with Crippen LogP contribution in [0.5, 0.6) is 0 Å². The Kier molecular flexibility index (Phi) is 9.07. The summed E-state index contributed by atoms with van der Waals surface area (Å²) in [5.41, 5.74) is -1.02. The molecule has 0 N–H and O–H groups in total. The van der Waals surface area contributed by atoms with Gasteiger partial charge in [0.2, 0.25) is 18.2 Å². The van der Waals surface area contributed by atoms with E-state index in [2.05, 4.69) is 35.7 Å². The van der Waals surface area contributed by atoms with E-state index in [4.69, 9.17) is 0 Å². The topological polar surface area (TPSA) is 88.3 Å². The SMILES string of the molecule is CC(C)(C)CCCCCCC(CN=C=O)(N=C=O)N=C=O. The maximum Gasteiger partial charge on any atom is 0.237 e. The van der Waals surface area contributed by atoms with Gasteiger partial charge in [-0.15, -0.1) is 0 Å². The van der Waals surface area contributed by atoms with Gasteiger partial charge in [-0.1, -0.05) is 40.0 Å². The van der Waals surface area contributed by atoms with Gasteiger partial charge in [-0.25, -0.2) is 19.4 Å². The number of isocyanates is 3. The second-order valence-corrected chi connectivity index (χ2v) is 6.27. The van der Waals surface area contributed by atoms with Crippen molar-refractivity contribution < 1.29 is 14.4 Å². The molecule has 0 saturated heterocycles. The lowest BCUT2D eigenvalue weighted by Crippen LogP contribution is -2.27. The minimum absolute atomic E-state index is 0.178. The lowest BCUT2D eigenvalue weighted by molar-refractivity contribution is 0.349. The van der Waals surface area contributed by atoms with Crippen LogP contribution in [-0.4, -0.2) is 30.4 Å². The summed E-state index contributed by atoms with van der Waals surface area (Å²) in [6.07, 6.45) is 9.49. The molecule has 0 atom stereocenters. The van der Waals surface area contributed by atoms with Crippen LogP contribution in [0.3, 0.4) is 0 Å². The Bertz CT molecular complexity index is 431. The second kappa shape index (κ2) is 9.95. The number of hydrogen-bond acceptors (Lipinski definition) is 6. The molecular formula is C15H23N3O3. The van der Waals surface area contributed by atoms with Gasteiger partial charge in [-0.3, -0.25) is 0 Å². The molecule has 0 bridgehead atoms. The largest absolute Gasteiger partial charge is 0.237 e. The molecule has 0 aliphatic heterocycles. The van der Waals surface area contributed by atoms with Gasteiger partial charge in [0, 0.05) is 0 Å². The fourth-order valence-electron chi connectivity index (χ4n) is 2.03. The van der Waals surface area contributed by atoms with Crippen LogP contribution in [0.25, 0.3) is 0 Å². The maximum absolute atomic E-state index is 10.5. The molecule has 6 heteroatoms. The molecule has 0 radical (unpaired) electrons. The van der Waals surface area contributed by atoms with Gasteiger partial charge in [-0.2, -0.15) is 9.98 Å². The number of hydrogen-bond donors (Lipinski definition) is 0. The molecule has 0 aromatic carbocycles. The summed E-state index contributed by atoms with van der Waals surface area (Å²) < 4.78 is 0. The molecule has 0 aliphatic rings. The monoisotopic (exact) mass is 293 g/mol. The number of aliphatic imine (C=N–C) groups is 3. The zero-order valence-electron chi connectivity index (χ0n) is 13.0. The predicted octanol–water partition coefficient (Wildman–Crippen LogP) is 3.08. The van der Waals surface area contributed by atoms with Gasteiger partial charge >= 0.3 is 0 Å². The van der Waals surface area contributed by atoms with Crippen LogP contribution in [0.2, 0.25) is 0 Å². The first-order chi connectivity index (χ1) is 9.89. The average Bonchev–Trinajstić information content (AvgIpc) is 2.40. The third kappa shape index (κ3) is 9.64. The van der Waals surface area contributed by atoms with Crippen LogP contribution in [0.4, 0.5) is 0 Å². The van der Waals surface area contributed by atoms with Crippen LogP contribution in [0, 0.1) is 5.41 Å². The molecule has 0 aliphatic carbocycles. The summed E-state index contributed by atoms with van der Waals surface area (Å²) in [6, 6.07) is 0.